The van der Waals surface area contributed by atoms with E-state index in [4.69, 9.17) is 0 Å². The largest absolute Gasteiger partial charge is 0.294 e. The van der Waals surface area contributed by atoms with Gasteiger partial charge in [-0.15, -0.1) is 0 Å². The summed E-state index contributed by atoms with van der Waals surface area (Å²) in [4.78, 5) is 11.9. The van der Waals surface area contributed by atoms with E-state index >= 15 is 0 Å². The molecule has 0 bridgehead atoms. The zero-order chi connectivity index (χ0) is 10.6. The van der Waals surface area contributed by atoms with Crippen molar-refractivity contribution in [3.05, 3.63) is 34.4 Å². The average Bonchev–Trinajstić information content (AvgIpc) is 2.68. The predicted octanol–water partition coefficient (Wildman–Crippen LogP) is 3.04. The van der Waals surface area contributed by atoms with Gasteiger partial charge in [-0.25, -0.2) is 0 Å². The second-order valence-corrected chi connectivity index (χ2v) is 5.50. The number of hydrogen-bond acceptors (Lipinski definition) is 1. The summed E-state index contributed by atoms with van der Waals surface area (Å²) in [6.45, 7) is 4.36. The van der Waals surface area contributed by atoms with E-state index in [9.17, 15) is 4.79 Å². The van der Waals surface area contributed by atoms with Crippen LogP contribution in [-0.2, 0) is 18.3 Å². The number of fused-ring (bicyclic) bond motifs is 2. The van der Waals surface area contributed by atoms with Crippen LogP contribution in [0.15, 0.2) is 12.1 Å². The van der Waals surface area contributed by atoms with Crippen LogP contribution in [0.2, 0.25) is 0 Å². The molecule has 1 heteroatoms. The van der Waals surface area contributed by atoms with Crippen molar-refractivity contribution in [3.63, 3.8) is 0 Å². The summed E-state index contributed by atoms with van der Waals surface area (Å²) >= 11 is 0. The van der Waals surface area contributed by atoms with E-state index in [-0.39, 0.29) is 5.41 Å². The fourth-order valence-corrected chi connectivity index (χ4v) is 3.01. The molecule has 1 nitrogen and oxygen atoms in total. The molecular weight excluding hydrogens is 184 g/mol. The minimum Gasteiger partial charge on any atom is -0.294 e. The number of aryl methyl sites for hydroxylation is 2. The molecule has 0 amide bonds. The number of carbonyl (C=O) groups excluding carboxylic acids is 1. The molecule has 0 heterocycles. The third-order valence-corrected chi connectivity index (χ3v) is 3.86. The Morgan fingerprint density at radius 3 is 2.53 bits per heavy atom. The monoisotopic (exact) mass is 200 g/mol. The summed E-state index contributed by atoms with van der Waals surface area (Å²) < 4.78 is 0. The Balaban J connectivity index is 2.25. The van der Waals surface area contributed by atoms with Crippen molar-refractivity contribution in [2.75, 3.05) is 0 Å². The quantitative estimate of drug-likeness (QED) is 0.629. The highest BCUT2D eigenvalue weighted by Crippen LogP contribution is 2.40. The number of carbonyl (C=O) groups is 1. The van der Waals surface area contributed by atoms with Gasteiger partial charge in [0.15, 0.2) is 5.78 Å². The summed E-state index contributed by atoms with van der Waals surface area (Å²) in [7, 11) is 0. The first-order valence-corrected chi connectivity index (χ1v) is 5.77. The van der Waals surface area contributed by atoms with E-state index in [1.54, 1.807) is 0 Å². The van der Waals surface area contributed by atoms with Gasteiger partial charge in [-0.05, 0) is 47.4 Å². The number of rotatable bonds is 0. The van der Waals surface area contributed by atoms with Crippen LogP contribution >= 0.6 is 0 Å². The van der Waals surface area contributed by atoms with E-state index in [1.807, 2.05) is 0 Å². The molecule has 2 aliphatic carbocycles. The fraction of sp³-hybridized carbons (Fsp3) is 0.500. The average molecular weight is 200 g/mol. The number of hydrogen-bond donors (Lipinski definition) is 0. The van der Waals surface area contributed by atoms with Crippen LogP contribution in [0.25, 0.3) is 0 Å². The SMILES string of the molecule is CC1(C)CC(=O)c2cc3c(cc21)CCC3. The second kappa shape index (κ2) is 2.72. The van der Waals surface area contributed by atoms with Gasteiger partial charge in [-0.1, -0.05) is 19.9 Å². The van der Waals surface area contributed by atoms with Crippen LogP contribution in [0.5, 0.6) is 0 Å². The normalized spacial score (nSPS) is 21.6. The molecule has 15 heavy (non-hydrogen) atoms. The molecule has 1 aromatic carbocycles. The van der Waals surface area contributed by atoms with Crippen molar-refractivity contribution in [3.8, 4) is 0 Å². The first-order valence-electron chi connectivity index (χ1n) is 5.77. The van der Waals surface area contributed by atoms with Crippen molar-refractivity contribution in [1.82, 2.24) is 0 Å². The molecule has 0 spiro atoms. The Kier molecular flexibility index (Phi) is 1.66. The summed E-state index contributed by atoms with van der Waals surface area (Å²) in [6, 6.07) is 4.46. The zero-order valence-corrected chi connectivity index (χ0v) is 9.39. The summed E-state index contributed by atoms with van der Waals surface area (Å²) in [5.74, 6) is 0.338. The van der Waals surface area contributed by atoms with Crippen molar-refractivity contribution in [2.45, 2.75) is 44.9 Å². The highest BCUT2D eigenvalue weighted by atomic mass is 16.1. The molecule has 0 fully saturated rings. The molecule has 0 aromatic heterocycles. The minimum atomic E-state index is 0.0596. The van der Waals surface area contributed by atoms with Gasteiger partial charge < -0.3 is 0 Å². The molecule has 0 atom stereocenters. The highest BCUT2D eigenvalue weighted by molar-refractivity contribution is 6.02. The number of Topliss-reactive ketones (excluding diaryl/α,β-unsaturated/α-hetero) is 1. The van der Waals surface area contributed by atoms with Gasteiger partial charge in [-0.2, -0.15) is 0 Å². The molecule has 1 aromatic rings. The third kappa shape index (κ3) is 1.19. The molecule has 0 saturated carbocycles. The van der Waals surface area contributed by atoms with Crippen molar-refractivity contribution in [2.24, 2.45) is 0 Å². The van der Waals surface area contributed by atoms with E-state index in [0.29, 0.717) is 12.2 Å². The van der Waals surface area contributed by atoms with Gasteiger partial charge in [0.25, 0.3) is 0 Å². The van der Waals surface area contributed by atoms with Crippen LogP contribution in [0.4, 0.5) is 0 Å². The van der Waals surface area contributed by atoms with E-state index in [2.05, 4.69) is 26.0 Å². The van der Waals surface area contributed by atoms with Gasteiger partial charge in [-0.3, -0.25) is 4.79 Å². The maximum absolute atomic E-state index is 11.9. The van der Waals surface area contributed by atoms with Crippen LogP contribution in [0.3, 0.4) is 0 Å². The highest BCUT2D eigenvalue weighted by Gasteiger charge is 2.36. The predicted molar refractivity (Wildman–Crippen MR) is 60.4 cm³/mol. The minimum absolute atomic E-state index is 0.0596. The summed E-state index contributed by atoms with van der Waals surface area (Å²) in [5.41, 5.74) is 5.24. The molecule has 0 saturated heterocycles. The van der Waals surface area contributed by atoms with E-state index < -0.39 is 0 Å². The molecule has 3 rings (SSSR count). The first-order chi connectivity index (χ1) is 7.08. The smallest absolute Gasteiger partial charge is 0.164 e. The van der Waals surface area contributed by atoms with E-state index in [1.165, 1.54) is 29.5 Å². The molecule has 0 unspecified atom stereocenters. The maximum Gasteiger partial charge on any atom is 0.164 e. The molecule has 0 N–H and O–H groups in total. The zero-order valence-electron chi connectivity index (χ0n) is 9.39. The Morgan fingerprint density at radius 2 is 1.80 bits per heavy atom. The van der Waals surface area contributed by atoms with Crippen molar-refractivity contribution in [1.29, 1.82) is 0 Å². The lowest BCUT2D eigenvalue weighted by Crippen LogP contribution is -2.12. The Bertz CT molecular complexity index is 455. The fourth-order valence-electron chi connectivity index (χ4n) is 3.01. The summed E-state index contributed by atoms with van der Waals surface area (Å²) in [5, 5.41) is 0. The van der Waals surface area contributed by atoms with E-state index in [0.717, 1.165) is 12.0 Å². The Hall–Kier alpha value is -1.11. The van der Waals surface area contributed by atoms with Crippen LogP contribution in [-0.4, -0.2) is 5.78 Å². The van der Waals surface area contributed by atoms with Crippen molar-refractivity contribution < 1.29 is 4.79 Å². The van der Waals surface area contributed by atoms with Gasteiger partial charge in [0.1, 0.15) is 0 Å². The first kappa shape index (κ1) is 9.14. The van der Waals surface area contributed by atoms with Gasteiger partial charge in [0, 0.05) is 12.0 Å². The van der Waals surface area contributed by atoms with Crippen molar-refractivity contribution >= 4 is 5.78 Å². The van der Waals surface area contributed by atoms with Crippen LogP contribution < -0.4 is 0 Å². The molecule has 0 radical (unpaired) electrons. The molecule has 0 aliphatic heterocycles. The van der Waals surface area contributed by atoms with Gasteiger partial charge in [0.05, 0.1) is 0 Å². The van der Waals surface area contributed by atoms with Crippen LogP contribution in [0, 0.1) is 0 Å². The molecule has 78 valence electrons. The number of ketones is 1. The lowest BCUT2D eigenvalue weighted by Gasteiger charge is -2.18. The van der Waals surface area contributed by atoms with Gasteiger partial charge >= 0.3 is 0 Å². The number of benzene rings is 1. The third-order valence-electron chi connectivity index (χ3n) is 3.86. The van der Waals surface area contributed by atoms with Gasteiger partial charge in [0.2, 0.25) is 0 Å². The lowest BCUT2D eigenvalue weighted by molar-refractivity contribution is 0.0979. The standard InChI is InChI=1S/C14H16O/c1-14(2)8-13(15)11-6-9-4-3-5-10(9)7-12(11)14/h6-7H,3-5,8H2,1-2H3. The molecular formula is C14H16O. The topological polar surface area (TPSA) is 17.1 Å². The molecule has 2 aliphatic rings. The maximum atomic E-state index is 11.9. The Morgan fingerprint density at radius 1 is 1.13 bits per heavy atom. The second-order valence-electron chi connectivity index (χ2n) is 5.50. The lowest BCUT2D eigenvalue weighted by atomic mass is 9.85. The van der Waals surface area contributed by atoms with Crippen LogP contribution in [0.1, 0.15) is 53.7 Å². The Labute approximate surface area is 90.5 Å². The summed E-state index contributed by atoms with van der Waals surface area (Å²) in [6.07, 6.45) is 4.31.